The van der Waals surface area contributed by atoms with E-state index in [1.54, 1.807) is 0 Å². The highest BCUT2D eigenvalue weighted by Gasteiger charge is 2.40. The lowest BCUT2D eigenvalue weighted by atomic mass is 9.88. The van der Waals surface area contributed by atoms with Gasteiger partial charge in [-0.25, -0.2) is 0 Å². The van der Waals surface area contributed by atoms with Gasteiger partial charge in [-0.15, -0.1) is 0 Å². The molecule has 1 saturated heterocycles. The second-order valence-corrected chi connectivity index (χ2v) is 6.08. The Kier molecular flexibility index (Phi) is 3.60. The van der Waals surface area contributed by atoms with Gasteiger partial charge < -0.3 is 5.11 Å². The number of aliphatic hydroxyl groups is 1. The van der Waals surface area contributed by atoms with Crippen molar-refractivity contribution < 1.29 is 5.11 Å². The Morgan fingerprint density at radius 1 is 1.38 bits per heavy atom. The van der Waals surface area contributed by atoms with Gasteiger partial charge in [0.15, 0.2) is 0 Å². The lowest BCUT2D eigenvalue weighted by Gasteiger charge is -2.27. The zero-order valence-electron chi connectivity index (χ0n) is 10.1. The van der Waals surface area contributed by atoms with Gasteiger partial charge in [-0.05, 0) is 29.7 Å². The average Bonchev–Trinajstić information content (AvgIpc) is 2.62. The summed E-state index contributed by atoms with van der Waals surface area (Å²) in [5.74, 6) is 1.06. The molecule has 0 aliphatic carbocycles. The molecule has 1 fully saturated rings. The van der Waals surface area contributed by atoms with Gasteiger partial charge in [0.2, 0.25) is 0 Å². The van der Waals surface area contributed by atoms with Gasteiger partial charge >= 0.3 is 0 Å². The monoisotopic (exact) mass is 236 g/mol. The summed E-state index contributed by atoms with van der Waals surface area (Å²) in [5, 5.41) is 10.9. The van der Waals surface area contributed by atoms with Crippen molar-refractivity contribution in [3.05, 3.63) is 35.4 Å². The number of hydrogen-bond acceptors (Lipinski definition) is 2. The van der Waals surface area contributed by atoms with E-state index in [4.69, 9.17) is 0 Å². The van der Waals surface area contributed by atoms with Crippen LogP contribution in [-0.2, 0) is 12.0 Å². The fourth-order valence-corrected chi connectivity index (χ4v) is 3.67. The van der Waals surface area contributed by atoms with Crippen molar-refractivity contribution in [3.63, 3.8) is 0 Å². The Balaban J connectivity index is 2.20. The third-order valence-corrected chi connectivity index (χ3v) is 4.85. The summed E-state index contributed by atoms with van der Waals surface area (Å²) >= 11 is 1.86. The van der Waals surface area contributed by atoms with E-state index in [-0.39, 0.29) is 0 Å². The molecule has 1 nitrogen and oxygen atoms in total. The summed E-state index contributed by atoms with van der Waals surface area (Å²) in [6.45, 7) is 4.31. The van der Waals surface area contributed by atoms with E-state index < -0.39 is 5.60 Å². The number of hydrogen-bond donors (Lipinski definition) is 1. The van der Waals surface area contributed by atoms with E-state index >= 15 is 0 Å². The molecule has 0 spiro atoms. The minimum atomic E-state index is -0.602. The van der Waals surface area contributed by atoms with Crippen molar-refractivity contribution in [3.8, 4) is 0 Å². The maximum atomic E-state index is 10.6. The minimum Gasteiger partial charge on any atom is -0.384 e. The molecule has 0 aromatic heterocycles. The van der Waals surface area contributed by atoms with Crippen molar-refractivity contribution in [1.29, 1.82) is 0 Å². The molecule has 0 amide bonds. The fourth-order valence-electron chi connectivity index (χ4n) is 2.36. The average molecular weight is 236 g/mol. The van der Waals surface area contributed by atoms with E-state index in [9.17, 15) is 5.11 Å². The summed E-state index contributed by atoms with van der Waals surface area (Å²) in [6, 6.07) is 8.53. The number of rotatable bonds is 3. The molecule has 88 valence electrons. The van der Waals surface area contributed by atoms with Crippen LogP contribution >= 0.6 is 11.8 Å². The van der Waals surface area contributed by atoms with Gasteiger partial charge in [-0.2, -0.15) is 11.8 Å². The van der Waals surface area contributed by atoms with E-state index in [0.29, 0.717) is 5.25 Å². The van der Waals surface area contributed by atoms with Gasteiger partial charge in [0.1, 0.15) is 5.60 Å². The smallest absolute Gasteiger partial charge is 0.102 e. The zero-order chi connectivity index (χ0) is 11.6. The molecule has 16 heavy (non-hydrogen) atoms. The van der Waals surface area contributed by atoms with E-state index in [1.165, 1.54) is 12.0 Å². The van der Waals surface area contributed by atoms with Gasteiger partial charge in [0.25, 0.3) is 0 Å². The van der Waals surface area contributed by atoms with Crippen molar-refractivity contribution >= 4 is 11.8 Å². The summed E-state index contributed by atoms with van der Waals surface area (Å²) in [4.78, 5) is 0. The third kappa shape index (κ3) is 2.14. The molecule has 0 radical (unpaired) electrons. The van der Waals surface area contributed by atoms with Gasteiger partial charge in [-0.3, -0.25) is 0 Å². The largest absolute Gasteiger partial charge is 0.384 e. The minimum absolute atomic E-state index is 0.310. The van der Waals surface area contributed by atoms with Crippen LogP contribution in [0.1, 0.15) is 37.8 Å². The van der Waals surface area contributed by atoms with Crippen molar-refractivity contribution in [1.82, 2.24) is 0 Å². The van der Waals surface area contributed by atoms with Crippen molar-refractivity contribution in [2.24, 2.45) is 0 Å². The maximum Gasteiger partial charge on any atom is 0.102 e. The molecule has 1 N–H and O–H groups in total. The lowest BCUT2D eigenvalue weighted by Crippen LogP contribution is -2.31. The number of benzene rings is 1. The first-order valence-electron chi connectivity index (χ1n) is 6.10. The second kappa shape index (κ2) is 4.80. The molecular formula is C14H20OS. The summed E-state index contributed by atoms with van der Waals surface area (Å²) in [5.41, 5.74) is 1.85. The Bertz CT molecular complexity index is 346. The second-order valence-electron chi connectivity index (χ2n) is 4.63. The van der Waals surface area contributed by atoms with Crippen LogP contribution < -0.4 is 0 Å². The Morgan fingerprint density at radius 3 is 2.56 bits per heavy atom. The molecule has 0 bridgehead atoms. The van der Waals surface area contributed by atoms with E-state index in [0.717, 1.165) is 24.2 Å². The Hall–Kier alpha value is -0.470. The topological polar surface area (TPSA) is 20.2 Å². The van der Waals surface area contributed by atoms with Gasteiger partial charge in [0.05, 0.1) is 0 Å². The predicted octanol–water partition coefficient (Wildman–Crippen LogP) is 3.35. The van der Waals surface area contributed by atoms with Crippen LogP contribution in [0.4, 0.5) is 0 Å². The van der Waals surface area contributed by atoms with Gasteiger partial charge in [-0.1, -0.05) is 44.5 Å². The first-order chi connectivity index (χ1) is 7.66. The van der Waals surface area contributed by atoms with Crippen LogP contribution in [0.15, 0.2) is 24.3 Å². The SMILES string of the molecule is CCCc1ccc(C2(O)CCSC2C)cc1. The summed E-state index contributed by atoms with van der Waals surface area (Å²) in [7, 11) is 0. The first kappa shape index (κ1) is 12.0. The van der Waals surface area contributed by atoms with Gasteiger partial charge in [0, 0.05) is 5.25 Å². The molecule has 1 aliphatic rings. The molecule has 0 saturated carbocycles. The van der Waals surface area contributed by atoms with Crippen molar-refractivity contribution in [2.75, 3.05) is 5.75 Å². The fraction of sp³-hybridized carbons (Fsp3) is 0.571. The molecule has 1 aliphatic heterocycles. The van der Waals surface area contributed by atoms with Crippen molar-refractivity contribution in [2.45, 2.75) is 44.0 Å². The molecule has 1 heterocycles. The standard InChI is InChI=1S/C14H20OS/c1-3-4-12-5-7-13(8-6-12)14(15)9-10-16-11(14)2/h5-8,11,15H,3-4,9-10H2,1-2H3. The quantitative estimate of drug-likeness (QED) is 0.868. The highest BCUT2D eigenvalue weighted by Crippen LogP contribution is 2.42. The highest BCUT2D eigenvalue weighted by atomic mass is 32.2. The number of thioether (sulfide) groups is 1. The predicted molar refractivity (Wildman–Crippen MR) is 70.9 cm³/mol. The van der Waals surface area contributed by atoms with E-state index in [1.807, 2.05) is 11.8 Å². The molecule has 1 aromatic rings. The molecule has 2 atom stereocenters. The molecular weight excluding hydrogens is 216 g/mol. The molecule has 2 heteroatoms. The molecule has 2 unspecified atom stereocenters. The van der Waals surface area contributed by atoms with Crippen LogP contribution in [0.5, 0.6) is 0 Å². The van der Waals surface area contributed by atoms with Crippen LogP contribution in [-0.4, -0.2) is 16.1 Å². The third-order valence-electron chi connectivity index (χ3n) is 3.52. The van der Waals surface area contributed by atoms with Crippen LogP contribution in [0.25, 0.3) is 0 Å². The maximum absolute atomic E-state index is 10.6. The number of aryl methyl sites for hydroxylation is 1. The van der Waals surface area contributed by atoms with Crippen LogP contribution in [0.2, 0.25) is 0 Å². The zero-order valence-corrected chi connectivity index (χ0v) is 10.9. The summed E-state index contributed by atoms with van der Waals surface area (Å²) in [6.07, 6.45) is 3.19. The molecule has 1 aromatic carbocycles. The Labute approximate surface area is 102 Å². The highest BCUT2D eigenvalue weighted by molar-refractivity contribution is 8.00. The van der Waals surface area contributed by atoms with Crippen LogP contribution in [0.3, 0.4) is 0 Å². The van der Waals surface area contributed by atoms with E-state index in [2.05, 4.69) is 38.1 Å². The Morgan fingerprint density at radius 2 is 2.06 bits per heavy atom. The first-order valence-corrected chi connectivity index (χ1v) is 7.15. The van der Waals surface area contributed by atoms with Crippen LogP contribution in [0, 0.1) is 0 Å². The summed E-state index contributed by atoms with van der Waals surface area (Å²) < 4.78 is 0. The lowest BCUT2D eigenvalue weighted by molar-refractivity contribution is 0.0427. The normalized spacial score (nSPS) is 29.6. The molecule has 2 rings (SSSR count).